The van der Waals surface area contributed by atoms with Crippen molar-refractivity contribution in [3.63, 3.8) is 0 Å². The van der Waals surface area contributed by atoms with Crippen LogP contribution in [0.2, 0.25) is 0 Å². The maximum atomic E-state index is 12.3. The van der Waals surface area contributed by atoms with E-state index in [0.29, 0.717) is 25.3 Å². The molecule has 4 heteroatoms. The zero-order chi connectivity index (χ0) is 14.4. The third-order valence-electron chi connectivity index (χ3n) is 4.21. The van der Waals surface area contributed by atoms with E-state index in [1.165, 1.54) is 25.0 Å². The third kappa shape index (κ3) is 3.84. The van der Waals surface area contributed by atoms with Gasteiger partial charge in [0.25, 0.3) is 0 Å². The number of allylic oxidation sites excluding steroid dienone is 2. The van der Waals surface area contributed by atoms with Gasteiger partial charge in [-0.2, -0.15) is 0 Å². The van der Waals surface area contributed by atoms with Crippen LogP contribution in [0.15, 0.2) is 11.8 Å². The lowest BCUT2D eigenvalue weighted by Gasteiger charge is -2.38. The third-order valence-corrected chi connectivity index (χ3v) is 4.21. The normalized spacial score (nSPS) is 21.9. The average molecular weight is 278 g/mol. The molecule has 112 valence electrons. The second-order valence-electron chi connectivity index (χ2n) is 5.79. The first kappa shape index (κ1) is 15.1. The number of carbonyl (C=O) groups excluding carboxylic acids is 2. The first-order valence-corrected chi connectivity index (χ1v) is 7.99. The van der Waals surface area contributed by atoms with Gasteiger partial charge in [-0.1, -0.05) is 13.0 Å². The Morgan fingerprint density at radius 1 is 1.30 bits per heavy atom. The van der Waals surface area contributed by atoms with E-state index >= 15 is 0 Å². The summed E-state index contributed by atoms with van der Waals surface area (Å²) >= 11 is 0. The molecule has 1 aliphatic heterocycles. The molecule has 0 saturated carbocycles. The summed E-state index contributed by atoms with van der Waals surface area (Å²) in [5.74, 6) is 0.810. The lowest BCUT2D eigenvalue weighted by atomic mass is 9.85. The first-order valence-electron chi connectivity index (χ1n) is 7.99. The Balaban J connectivity index is 1.82. The monoisotopic (exact) mass is 278 g/mol. The van der Waals surface area contributed by atoms with E-state index in [1.54, 1.807) is 0 Å². The van der Waals surface area contributed by atoms with Crippen LogP contribution in [0.3, 0.4) is 0 Å². The number of carbonyl (C=O) groups is 2. The molecular formula is C16H26N2O2. The quantitative estimate of drug-likeness (QED) is 0.840. The highest BCUT2D eigenvalue weighted by Crippen LogP contribution is 2.35. The Hall–Kier alpha value is -1.32. The summed E-state index contributed by atoms with van der Waals surface area (Å²) in [5, 5.41) is 2.82. The van der Waals surface area contributed by atoms with Gasteiger partial charge in [0.2, 0.25) is 11.8 Å². The van der Waals surface area contributed by atoms with Gasteiger partial charge in [0.05, 0.1) is 0 Å². The number of nitrogens with one attached hydrogen (secondary N) is 1. The van der Waals surface area contributed by atoms with Crippen LogP contribution in [0, 0.1) is 5.92 Å². The Morgan fingerprint density at radius 2 is 2.10 bits per heavy atom. The van der Waals surface area contributed by atoms with Gasteiger partial charge >= 0.3 is 0 Å². The number of rotatable bonds is 5. The van der Waals surface area contributed by atoms with E-state index in [0.717, 1.165) is 25.8 Å². The van der Waals surface area contributed by atoms with Gasteiger partial charge in [0.15, 0.2) is 0 Å². The van der Waals surface area contributed by atoms with Crippen molar-refractivity contribution in [3.05, 3.63) is 11.8 Å². The highest BCUT2D eigenvalue weighted by Gasteiger charge is 2.29. The molecule has 0 radical (unpaired) electrons. The van der Waals surface area contributed by atoms with Gasteiger partial charge in [-0.3, -0.25) is 9.59 Å². The van der Waals surface area contributed by atoms with Crippen molar-refractivity contribution < 1.29 is 9.59 Å². The maximum Gasteiger partial charge on any atom is 0.228 e. The van der Waals surface area contributed by atoms with Crippen molar-refractivity contribution in [2.75, 3.05) is 13.1 Å². The molecule has 2 rings (SSSR count). The van der Waals surface area contributed by atoms with Crippen LogP contribution in [0.1, 0.15) is 58.3 Å². The van der Waals surface area contributed by atoms with Crippen LogP contribution >= 0.6 is 0 Å². The highest BCUT2D eigenvalue weighted by molar-refractivity contribution is 5.80. The van der Waals surface area contributed by atoms with Gasteiger partial charge in [-0.15, -0.1) is 0 Å². The van der Waals surface area contributed by atoms with Crippen LogP contribution in [0.5, 0.6) is 0 Å². The number of fused-ring (bicyclic) bond motifs is 1. The van der Waals surface area contributed by atoms with Crippen LogP contribution in [-0.2, 0) is 9.59 Å². The molecule has 0 aromatic heterocycles. The number of piperidine rings is 1. The first-order chi connectivity index (χ1) is 9.72. The second-order valence-corrected chi connectivity index (χ2v) is 5.79. The fourth-order valence-corrected chi connectivity index (χ4v) is 3.20. The van der Waals surface area contributed by atoms with E-state index < -0.39 is 0 Å². The van der Waals surface area contributed by atoms with Gasteiger partial charge in [-0.05, 0) is 44.4 Å². The second kappa shape index (κ2) is 7.46. The molecule has 1 atom stereocenters. The number of nitrogens with zero attached hydrogens (tertiary/aromatic N) is 1. The molecule has 0 spiro atoms. The van der Waals surface area contributed by atoms with E-state index in [2.05, 4.69) is 11.4 Å². The van der Waals surface area contributed by atoms with Crippen molar-refractivity contribution >= 4 is 11.8 Å². The predicted molar refractivity (Wildman–Crippen MR) is 78.9 cm³/mol. The minimum atomic E-state index is 0.0497. The Kier molecular flexibility index (Phi) is 5.62. The summed E-state index contributed by atoms with van der Waals surface area (Å²) in [4.78, 5) is 25.7. The smallest absolute Gasteiger partial charge is 0.228 e. The summed E-state index contributed by atoms with van der Waals surface area (Å²) in [6.07, 6.45) is 9.97. The Labute approximate surface area is 121 Å². The largest absolute Gasteiger partial charge is 0.356 e. The van der Waals surface area contributed by atoms with Gasteiger partial charge < -0.3 is 10.2 Å². The van der Waals surface area contributed by atoms with Gasteiger partial charge in [0.1, 0.15) is 0 Å². The van der Waals surface area contributed by atoms with Crippen LogP contribution in [0.4, 0.5) is 0 Å². The molecule has 2 amide bonds. The zero-order valence-electron chi connectivity index (χ0n) is 12.5. The molecule has 0 bridgehead atoms. The average Bonchev–Trinajstić information content (AvgIpc) is 2.47. The SMILES string of the molecule is CCCC(=O)NCCC(=O)N1CCCC2CCCC=C21. The van der Waals surface area contributed by atoms with Gasteiger partial charge in [-0.25, -0.2) is 0 Å². The fraction of sp³-hybridized carbons (Fsp3) is 0.750. The maximum absolute atomic E-state index is 12.3. The van der Waals surface area contributed by atoms with E-state index in [4.69, 9.17) is 0 Å². The summed E-state index contributed by atoms with van der Waals surface area (Å²) in [6, 6.07) is 0. The molecule has 1 fully saturated rings. The van der Waals surface area contributed by atoms with E-state index in [-0.39, 0.29) is 11.8 Å². The van der Waals surface area contributed by atoms with E-state index in [9.17, 15) is 9.59 Å². The lowest BCUT2D eigenvalue weighted by molar-refractivity contribution is -0.130. The molecule has 1 N–H and O–H groups in total. The summed E-state index contributed by atoms with van der Waals surface area (Å²) in [5.41, 5.74) is 1.26. The van der Waals surface area contributed by atoms with Crippen molar-refractivity contribution in [1.29, 1.82) is 0 Å². The van der Waals surface area contributed by atoms with Crippen LogP contribution in [-0.4, -0.2) is 29.8 Å². The molecule has 0 aromatic rings. The molecule has 1 saturated heterocycles. The number of hydrogen-bond donors (Lipinski definition) is 1. The standard InChI is InChI=1S/C16H26N2O2/c1-2-6-15(19)17-11-10-16(20)18-12-5-8-13-7-3-4-9-14(13)18/h9,13H,2-8,10-12H2,1H3,(H,17,19). The minimum absolute atomic E-state index is 0.0497. The molecule has 2 aliphatic rings. The predicted octanol–water partition coefficient (Wildman–Crippen LogP) is 2.60. The molecule has 20 heavy (non-hydrogen) atoms. The van der Waals surface area contributed by atoms with Crippen molar-refractivity contribution in [2.24, 2.45) is 5.92 Å². The van der Waals surface area contributed by atoms with Gasteiger partial charge in [0, 0.05) is 31.6 Å². The highest BCUT2D eigenvalue weighted by atomic mass is 16.2. The summed E-state index contributed by atoms with van der Waals surface area (Å²) < 4.78 is 0. The molecule has 1 unspecified atom stereocenters. The zero-order valence-corrected chi connectivity index (χ0v) is 12.5. The summed E-state index contributed by atoms with van der Waals surface area (Å²) in [7, 11) is 0. The number of hydrogen-bond acceptors (Lipinski definition) is 2. The van der Waals surface area contributed by atoms with Crippen molar-refractivity contribution in [3.8, 4) is 0 Å². The minimum Gasteiger partial charge on any atom is -0.356 e. The Bertz CT molecular complexity index is 390. The summed E-state index contributed by atoms with van der Waals surface area (Å²) in [6.45, 7) is 3.30. The molecule has 1 heterocycles. The lowest BCUT2D eigenvalue weighted by Crippen LogP contribution is -2.40. The van der Waals surface area contributed by atoms with Crippen LogP contribution in [0.25, 0.3) is 0 Å². The molecular weight excluding hydrogens is 252 g/mol. The Morgan fingerprint density at radius 3 is 2.90 bits per heavy atom. The number of likely N-dealkylation sites (tertiary alicyclic amines) is 1. The molecule has 1 aliphatic carbocycles. The number of amides is 2. The van der Waals surface area contributed by atoms with Crippen molar-refractivity contribution in [2.45, 2.75) is 58.3 Å². The van der Waals surface area contributed by atoms with Crippen LogP contribution < -0.4 is 5.32 Å². The topological polar surface area (TPSA) is 49.4 Å². The van der Waals surface area contributed by atoms with E-state index in [1.807, 2.05) is 11.8 Å². The molecule has 4 nitrogen and oxygen atoms in total. The fourth-order valence-electron chi connectivity index (χ4n) is 3.20. The molecule has 0 aromatic carbocycles. The van der Waals surface area contributed by atoms with Crippen molar-refractivity contribution in [1.82, 2.24) is 10.2 Å².